The van der Waals surface area contributed by atoms with Crippen molar-refractivity contribution in [3.8, 4) is 0 Å². The van der Waals surface area contributed by atoms with E-state index < -0.39 is 0 Å². The summed E-state index contributed by atoms with van der Waals surface area (Å²) < 4.78 is 2.76. The predicted molar refractivity (Wildman–Crippen MR) is 77.8 cm³/mol. The van der Waals surface area contributed by atoms with Gasteiger partial charge in [0.15, 0.2) is 5.78 Å². The minimum atomic E-state index is 0.0676. The van der Waals surface area contributed by atoms with Gasteiger partial charge in [-0.2, -0.15) is 5.10 Å². The van der Waals surface area contributed by atoms with Crippen molar-refractivity contribution in [3.05, 3.63) is 52.7 Å². The molecule has 0 amide bonds. The molecule has 3 nitrogen and oxygen atoms in total. The number of carbonyl (C=O) groups is 1. The van der Waals surface area contributed by atoms with Gasteiger partial charge in [-0.25, -0.2) is 0 Å². The molecule has 19 heavy (non-hydrogen) atoms. The number of ketones is 1. The third kappa shape index (κ3) is 1.98. The lowest BCUT2D eigenvalue weighted by molar-refractivity contribution is 0.103. The Balaban J connectivity index is 2.16. The molecule has 0 fully saturated rings. The first-order valence-electron chi connectivity index (χ1n) is 6.24. The number of hydrogen-bond donors (Lipinski definition) is 0. The van der Waals surface area contributed by atoms with E-state index in [2.05, 4.69) is 5.10 Å². The summed E-state index contributed by atoms with van der Waals surface area (Å²) in [7, 11) is 1.85. The summed E-state index contributed by atoms with van der Waals surface area (Å²) in [6, 6.07) is 7.91. The van der Waals surface area contributed by atoms with Crippen molar-refractivity contribution in [2.45, 2.75) is 13.3 Å². The summed E-state index contributed by atoms with van der Waals surface area (Å²) in [5, 5.41) is 7.48. The summed E-state index contributed by atoms with van der Waals surface area (Å²) in [6.45, 7) is 2.02. The smallest absolute Gasteiger partial charge is 0.197 e. The Morgan fingerprint density at radius 1 is 1.32 bits per heavy atom. The van der Waals surface area contributed by atoms with Gasteiger partial charge in [-0.1, -0.05) is 19.1 Å². The van der Waals surface area contributed by atoms with Crippen molar-refractivity contribution in [1.82, 2.24) is 9.78 Å². The molecule has 0 saturated heterocycles. The van der Waals surface area contributed by atoms with Crippen LogP contribution in [0.2, 0.25) is 0 Å². The van der Waals surface area contributed by atoms with Gasteiger partial charge in [0.1, 0.15) is 0 Å². The first kappa shape index (κ1) is 12.1. The van der Waals surface area contributed by atoms with Crippen LogP contribution in [0.15, 0.2) is 35.8 Å². The molecule has 2 heterocycles. The van der Waals surface area contributed by atoms with Gasteiger partial charge in [0, 0.05) is 23.5 Å². The molecule has 3 aromatic rings. The average molecular weight is 270 g/mol. The van der Waals surface area contributed by atoms with Crippen molar-refractivity contribution >= 4 is 27.2 Å². The lowest BCUT2D eigenvalue weighted by Crippen LogP contribution is -2.03. The maximum absolute atomic E-state index is 12.7. The van der Waals surface area contributed by atoms with Crippen molar-refractivity contribution in [1.29, 1.82) is 0 Å². The Hall–Kier alpha value is -1.94. The first-order valence-corrected chi connectivity index (χ1v) is 7.12. The monoisotopic (exact) mass is 270 g/mol. The molecular weight excluding hydrogens is 256 g/mol. The Morgan fingerprint density at radius 3 is 2.95 bits per heavy atom. The van der Waals surface area contributed by atoms with Gasteiger partial charge in [-0.15, -0.1) is 11.3 Å². The van der Waals surface area contributed by atoms with E-state index in [-0.39, 0.29) is 5.78 Å². The second kappa shape index (κ2) is 4.63. The molecule has 0 aliphatic carbocycles. The first-order chi connectivity index (χ1) is 9.20. The average Bonchev–Trinajstić information content (AvgIpc) is 3.03. The molecule has 3 rings (SSSR count). The van der Waals surface area contributed by atoms with Crippen LogP contribution in [0.1, 0.15) is 28.5 Å². The zero-order valence-electron chi connectivity index (χ0n) is 10.9. The van der Waals surface area contributed by atoms with Gasteiger partial charge in [-0.05, 0) is 29.3 Å². The maximum atomic E-state index is 12.7. The summed E-state index contributed by atoms with van der Waals surface area (Å²) >= 11 is 1.61. The largest absolute Gasteiger partial charge is 0.288 e. The van der Waals surface area contributed by atoms with E-state index in [9.17, 15) is 4.79 Å². The van der Waals surface area contributed by atoms with Gasteiger partial charge in [0.05, 0.1) is 11.3 Å². The van der Waals surface area contributed by atoms with Crippen molar-refractivity contribution in [3.63, 3.8) is 0 Å². The molecule has 0 N–H and O–H groups in total. The number of rotatable bonds is 3. The van der Waals surface area contributed by atoms with Crippen LogP contribution >= 0.6 is 11.3 Å². The molecule has 0 bridgehead atoms. The molecule has 0 spiro atoms. The van der Waals surface area contributed by atoms with E-state index in [4.69, 9.17) is 0 Å². The predicted octanol–water partition coefficient (Wildman–Crippen LogP) is 3.43. The van der Waals surface area contributed by atoms with Crippen molar-refractivity contribution in [2.24, 2.45) is 7.05 Å². The molecular formula is C15H14N2OS. The van der Waals surface area contributed by atoms with Crippen LogP contribution in [0.4, 0.5) is 0 Å². The van der Waals surface area contributed by atoms with Crippen LogP contribution in [0.3, 0.4) is 0 Å². The van der Waals surface area contributed by atoms with E-state index in [1.807, 2.05) is 49.8 Å². The lowest BCUT2D eigenvalue weighted by atomic mass is 10.0. The highest BCUT2D eigenvalue weighted by Crippen LogP contribution is 2.27. The molecule has 0 saturated carbocycles. The van der Waals surface area contributed by atoms with Crippen LogP contribution in [0.5, 0.6) is 0 Å². The minimum absolute atomic E-state index is 0.0676. The van der Waals surface area contributed by atoms with E-state index in [0.29, 0.717) is 5.56 Å². The molecule has 2 aromatic heterocycles. The fourth-order valence-corrected chi connectivity index (χ4v) is 3.21. The number of carbonyl (C=O) groups excluding carboxylic acids is 1. The number of benzene rings is 1. The molecule has 1 aromatic carbocycles. The molecule has 0 aliphatic rings. The van der Waals surface area contributed by atoms with Crippen LogP contribution in [-0.2, 0) is 13.5 Å². The van der Waals surface area contributed by atoms with Crippen LogP contribution in [0.25, 0.3) is 10.1 Å². The van der Waals surface area contributed by atoms with Crippen molar-refractivity contribution in [2.75, 3.05) is 0 Å². The molecule has 96 valence electrons. The third-order valence-corrected chi connectivity index (χ3v) is 4.17. The highest BCUT2D eigenvalue weighted by molar-refractivity contribution is 7.17. The number of hydrogen-bond acceptors (Lipinski definition) is 3. The number of aryl methyl sites for hydroxylation is 2. The highest BCUT2D eigenvalue weighted by Gasteiger charge is 2.18. The molecule has 0 radical (unpaired) electrons. The second-order valence-electron chi connectivity index (χ2n) is 4.49. The maximum Gasteiger partial charge on any atom is 0.197 e. The van der Waals surface area contributed by atoms with E-state index in [1.165, 1.54) is 0 Å². The summed E-state index contributed by atoms with van der Waals surface area (Å²) in [5.74, 6) is 0.0676. The van der Waals surface area contributed by atoms with Gasteiger partial charge in [-0.3, -0.25) is 9.48 Å². The van der Waals surface area contributed by atoms with E-state index in [0.717, 1.165) is 27.8 Å². The fourth-order valence-electron chi connectivity index (χ4n) is 2.30. The molecule has 0 unspecified atom stereocenters. The van der Waals surface area contributed by atoms with Gasteiger partial charge in [0.25, 0.3) is 0 Å². The summed E-state index contributed by atoms with van der Waals surface area (Å²) in [4.78, 5) is 12.7. The number of thiophene rings is 1. The zero-order chi connectivity index (χ0) is 13.4. The Bertz CT molecular complexity index is 754. The van der Waals surface area contributed by atoms with E-state index >= 15 is 0 Å². The molecule has 0 aliphatic heterocycles. The fraction of sp³-hybridized carbons (Fsp3) is 0.200. The summed E-state index contributed by atoms with van der Waals surface area (Å²) in [5.41, 5.74) is 2.35. The topological polar surface area (TPSA) is 34.9 Å². The normalized spacial score (nSPS) is 11.1. The Morgan fingerprint density at radius 2 is 2.16 bits per heavy atom. The van der Waals surface area contributed by atoms with Gasteiger partial charge >= 0.3 is 0 Å². The number of fused-ring (bicyclic) bond motifs is 1. The standard InChI is InChI=1S/C15H14N2OS/c1-3-13-12(9-17(2)16-13)14(18)11-6-4-5-10-7-8-19-15(10)11/h4-9H,3H2,1-2H3. The Labute approximate surface area is 115 Å². The van der Waals surface area contributed by atoms with Crippen LogP contribution in [0, 0.1) is 0 Å². The van der Waals surface area contributed by atoms with E-state index in [1.54, 1.807) is 16.0 Å². The molecule has 4 heteroatoms. The second-order valence-corrected chi connectivity index (χ2v) is 5.41. The van der Waals surface area contributed by atoms with Gasteiger partial charge in [0.2, 0.25) is 0 Å². The number of aromatic nitrogens is 2. The lowest BCUT2D eigenvalue weighted by Gasteiger charge is -2.02. The third-order valence-electron chi connectivity index (χ3n) is 3.21. The number of nitrogens with zero attached hydrogens (tertiary/aromatic N) is 2. The SMILES string of the molecule is CCc1nn(C)cc1C(=O)c1cccc2ccsc12. The zero-order valence-corrected chi connectivity index (χ0v) is 11.7. The van der Waals surface area contributed by atoms with Crippen LogP contribution in [-0.4, -0.2) is 15.6 Å². The quantitative estimate of drug-likeness (QED) is 0.683. The van der Waals surface area contributed by atoms with Crippen molar-refractivity contribution < 1.29 is 4.79 Å². The van der Waals surface area contributed by atoms with Crippen LogP contribution < -0.4 is 0 Å². The molecule has 0 atom stereocenters. The van der Waals surface area contributed by atoms with Gasteiger partial charge < -0.3 is 0 Å². The highest BCUT2D eigenvalue weighted by atomic mass is 32.1. The Kier molecular flexibility index (Phi) is 2.95. The minimum Gasteiger partial charge on any atom is -0.288 e. The summed E-state index contributed by atoms with van der Waals surface area (Å²) in [6.07, 6.45) is 2.58.